The summed E-state index contributed by atoms with van der Waals surface area (Å²) >= 11 is 0. The fourth-order valence-corrected chi connectivity index (χ4v) is 3.06. The van der Waals surface area contributed by atoms with E-state index in [1.54, 1.807) is 53.1 Å². The van der Waals surface area contributed by atoms with Crippen molar-refractivity contribution >= 4 is 24.0 Å². The van der Waals surface area contributed by atoms with Gasteiger partial charge in [-0.3, -0.25) is 9.59 Å². The molecule has 1 aliphatic rings. The highest BCUT2D eigenvalue weighted by atomic mass is 16.7. The Balaban J connectivity index is 1.50. The lowest BCUT2D eigenvalue weighted by Crippen LogP contribution is -2.50. The molecule has 0 spiro atoms. The maximum Gasteiger partial charge on any atom is 0.513 e. The van der Waals surface area contributed by atoms with Gasteiger partial charge in [0.2, 0.25) is 5.91 Å². The van der Waals surface area contributed by atoms with Gasteiger partial charge in [-0.15, -0.1) is 0 Å². The Kier molecular flexibility index (Phi) is 7.21. The largest absolute Gasteiger partial charge is 0.513 e. The third-order valence-corrected chi connectivity index (χ3v) is 4.66. The third-order valence-electron chi connectivity index (χ3n) is 4.66. The number of carbonyl (C=O) groups excluding carboxylic acids is 3. The second-order valence-corrected chi connectivity index (χ2v) is 6.67. The zero-order valence-corrected chi connectivity index (χ0v) is 16.8. The average Bonchev–Trinajstić information content (AvgIpc) is 2.78. The number of hydrogen-bond donors (Lipinski definition) is 0. The van der Waals surface area contributed by atoms with E-state index in [-0.39, 0.29) is 18.4 Å². The van der Waals surface area contributed by atoms with E-state index in [0.717, 1.165) is 5.56 Å². The summed E-state index contributed by atoms with van der Waals surface area (Å²) in [6.07, 6.45) is 2.58. The van der Waals surface area contributed by atoms with Gasteiger partial charge < -0.3 is 19.3 Å². The first-order chi connectivity index (χ1) is 14.6. The number of benzene rings is 2. The Morgan fingerprint density at radius 1 is 0.900 bits per heavy atom. The summed E-state index contributed by atoms with van der Waals surface area (Å²) in [5.74, 6) is 0.127. The number of ether oxygens (including phenoxy) is 2. The van der Waals surface area contributed by atoms with Crippen LogP contribution in [0.15, 0.2) is 60.7 Å². The molecule has 0 aliphatic carbocycles. The number of hydrogen-bond acceptors (Lipinski definition) is 5. The molecule has 30 heavy (non-hydrogen) atoms. The highest BCUT2D eigenvalue weighted by Gasteiger charge is 2.24. The Morgan fingerprint density at radius 2 is 1.53 bits per heavy atom. The molecular weight excluding hydrogens is 384 g/mol. The van der Waals surface area contributed by atoms with Crippen molar-refractivity contribution in [1.82, 2.24) is 9.80 Å². The van der Waals surface area contributed by atoms with E-state index in [1.807, 2.05) is 30.3 Å². The van der Waals surface area contributed by atoms with Crippen molar-refractivity contribution in [2.45, 2.75) is 6.92 Å². The lowest BCUT2D eigenvalue weighted by Gasteiger charge is -2.34. The van der Waals surface area contributed by atoms with Crippen molar-refractivity contribution in [2.24, 2.45) is 0 Å². The summed E-state index contributed by atoms with van der Waals surface area (Å²) < 4.78 is 9.71. The third kappa shape index (κ3) is 5.70. The van der Waals surface area contributed by atoms with Crippen LogP contribution in [0.25, 0.3) is 6.08 Å². The van der Waals surface area contributed by atoms with Crippen LogP contribution in [0.5, 0.6) is 5.75 Å². The Labute approximate surface area is 175 Å². The summed E-state index contributed by atoms with van der Waals surface area (Å²) in [7, 11) is 0. The fraction of sp³-hybridized carbons (Fsp3) is 0.261. The summed E-state index contributed by atoms with van der Waals surface area (Å²) in [5.41, 5.74) is 1.46. The maximum absolute atomic E-state index is 12.7. The summed E-state index contributed by atoms with van der Waals surface area (Å²) in [6, 6.07) is 16.0. The normalized spacial score (nSPS) is 13.9. The predicted molar refractivity (Wildman–Crippen MR) is 112 cm³/mol. The highest BCUT2D eigenvalue weighted by Crippen LogP contribution is 2.16. The molecule has 7 heteroatoms. The first-order valence-corrected chi connectivity index (χ1v) is 9.83. The van der Waals surface area contributed by atoms with Gasteiger partial charge in [0.05, 0.1) is 6.61 Å². The minimum atomic E-state index is -0.779. The Hall–Kier alpha value is -3.61. The van der Waals surface area contributed by atoms with Gasteiger partial charge in [-0.05, 0) is 42.8 Å². The van der Waals surface area contributed by atoms with Crippen LogP contribution in [0.3, 0.4) is 0 Å². The summed E-state index contributed by atoms with van der Waals surface area (Å²) in [4.78, 5) is 39.9. The van der Waals surface area contributed by atoms with Gasteiger partial charge in [0.25, 0.3) is 5.91 Å². The number of amides is 2. The molecule has 0 atom stereocenters. The SMILES string of the molecule is CCOC(=O)Oc1ccc(C(=O)N2CCN(C(=O)/C=C/c3ccccc3)CC2)cc1. The molecule has 2 aromatic rings. The van der Waals surface area contributed by atoms with E-state index in [0.29, 0.717) is 37.5 Å². The van der Waals surface area contributed by atoms with Crippen LogP contribution in [-0.4, -0.2) is 60.6 Å². The first kappa shape index (κ1) is 21.1. The van der Waals surface area contributed by atoms with Crippen molar-refractivity contribution in [3.63, 3.8) is 0 Å². The van der Waals surface area contributed by atoms with E-state index in [2.05, 4.69) is 0 Å². The monoisotopic (exact) mass is 408 g/mol. The molecule has 0 N–H and O–H groups in total. The summed E-state index contributed by atoms with van der Waals surface area (Å²) in [6.45, 7) is 3.80. The molecule has 1 heterocycles. The van der Waals surface area contributed by atoms with Gasteiger partial charge in [-0.2, -0.15) is 0 Å². The molecule has 1 fully saturated rings. The molecule has 1 saturated heterocycles. The molecule has 156 valence electrons. The predicted octanol–water partition coefficient (Wildman–Crippen LogP) is 3.22. The molecule has 2 amide bonds. The standard InChI is InChI=1S/C23H24N2O5/c1-2-29-23(28)30-20-11-9-19(10-12-20)22(27)25-16-14-24(15-17-25)21(26)13-8-18-6-4-3-5-7-18/h3-13H,2,14-17H2,1H3/b13-8+. The van der Waals surface area contributed by atoms with Crippen molar-refractivity contribution < 1.29 is 23.9 Å². The minimum absolute atomic E-state index is 0.0635. The van der Waals surface area contributed by atoms with Crippen LogP contribution in [-0.2, 0) is 9.53 Å². The summed E-state index contributed by atoms with van der Waals surface area (Å²) in [5, 5.41) is 0. The van der Waals surface area contributed by atoms with Gasteiger partial charge in [0.1, 0.15) is 5.75 Å². The van der Waals surface area contributed by atoms with Gasteiger partial charge in [-0.25, -0.2) is 4.79 Å². The number of rotatable bonds is 5. The minimum Gasteiger partial charge on any atom is -0.434 e. The van der Waals surface area contributed by atoms with E-state index in [4.69, 9.17) is 9.47 Å². The van der Waals surface area contributed by atoms with Crippen molar-refractivity contribution in [3.05, 3.63) is 71.8 Å². The molecule has 0 saturated carbocycles. The fourth-order valence-electron chi connectivity index (χ4n) is 3.06. The van der Waals surface area contributed by atoms with E-state index >= 15 is 0 Å². The van der Waals surface area contributed by atoms with Crippen LogP contribution in [0.2, 0.25) is 0 Å². The zero-order valence-electron chi connectivity index (χ0n) is 16.8. The van der Waals surface area contributed by atoms with Gasteiger partial charge in [0.15, 0.2) is 0 Å². The zero-order chi connectivity index (χ0) is 21.3. The van der Waals surface area contributed by atoms with E-state index in [1.165, 1.54) is 0 Å². The molecule has 0 aromatic heterocycles. The van der Waals surface area contributed by atoms with Crippen LogP contribution >= 0.6 is 0 Å². The van der Waals surface area contributed by atoms with Crippen molar-refractivity contribution in [3.8, 4) is 5.75 Å². The number of carbonyl (C=O) groups is 3. The lowest BCUT2D eigenvalue weighted by atomic mass is 10.1. The average molecular weight is 408 g/mol. The topological polar surface area (TPSA) is 76.2 Å². The van der Waals surface area contributed by atoms with Gasteiger partial charge >= 0.3 is 6.16 Å². The number of piperazine rings is 1. The molecule has 2 aromatic carbocycles. The van der Waals surface area contributed by atoms with Crippen molar-refractivity contribution in [1.29, 1.82) is 0 Å². The van der Waals surface area contributed by atoms with Crippen LogP contribution in [0.1, 0.15) is 22.8 Å². The first-order valence-electron chi connectivity index (χ1n) is 9.83. The van der Waals surface area contributed by atoms with Crippen LogP contribution < -0.4 is 4.74 Å². The molecular formula is C23H24N2O5. The van der Waals surface area contributed by atoms with E-state index < -0.39 is 6.16 Å². The molecule has 3 rings (SSSR count). The molecule has 0 unspecified atom stereocenters. The van der Waals surface area contributed by atoms with E-state index in [9.17, 15) is 14.4 Å². The lowest BCUT2D eigenvalue weighted by molar-refractivity contribution is -0.127. The highest BCUT2D eigenvalue weighted by molar-refractivity contribution is 5.95. The second kappa shape index (κ2) is 10.2. The molecule has 0 bridgehead atoms. The van der Waals surface area contributed by atoms with Gasteiger partial charge in [-0.1, -0.05) is 30.3 Å². The Bertz CT molecular complexity index is 901. The van der Waals surface area contributed by atoms with Gasteiger partial charge in [0, 0.05) is 37.8 Å². The quantitative estimate of drug-likeness (QED) is 0.431. The smallest absolute Gasteiger partial charge is 0.434 e. The van der Waals surface area contributed by atoms with Crippen LogP contribution in [0.4, 0.5) is 4.79 Å². The molecule has 1 aliphatic heterocycles. The van der Waals surface area contributed by atoms with Crippen LogP contribution in [0, 0.1) is 0 Å². The number of nitrogens with zero attached hydrogens (tertiary/aromatic N) is 2. The Morgan fingerprint density at radius 3 is 2.17 bits per heavy atom. The molecule has 0 radical (unpaired) electrons. The molecule has 7 nitrogen and oxygen atoms in total. The second-order valence-electron chi connectivity index (χ2n) is 6.67. The maximum atomic E-state index is 12.7. The van der Waals surface area contributed by atoms with Crippen molar-refractivity contribution in [2.75, 3.05) is 32.8 Å².